The van der Waals surface area contributed by atoms with E-state index in [0.29, 0.717) is 22.1 Å². The van der Waals surface area contributed by atoms with E-state index in [9.17, 15) is 4.79 Å². The highest BCUT2D eigenvalue weighted by molar-refractivity contribution is 6.33. The largest absolute Gasteiger partial charge is 0.454 e. The third-order valence-electron chi connectivity index (χ3n) is 2.11. The number of ether oxygens (including phenoxy) is 1. The Morgan fingerprint density at radius 3 is 2.94 bits per heavy atom. The molecule has 0 saturated carbocycles. The highest BCUT2D eigenvalue weighted by Gasteiger charge is 2.10. The molecule has 2 aromatic rings. The van der Waals surface area contributed by atoms with E-state index in [-0.39, 0.29) is 6.61 Å². The molecule has 18 heavy (non-hydrogen) atoms. The second-order valence-electron chi connectivity index (χ2n) is 3.51. The summed E-state index contributed by atoms with van der Waals surface area (Å²) in [5.41, 5.74) is 6.23. The number of esters is 1. The van der Waals surface area contributed by atoms with Gasteiger partial charge in [-0.05, 0) is 23.4 Å². The summed E-state index contributed by atoms with van der Waals surface area (Å²) in [5, 5.41) is 11.6. The van der Waals surface area contributed by atoms with Crippen LogP contribution in [0, 0.1) is 0 Å². The zero-order valence-corrected chi connectivity index (χ0v) is 10.3. The van der Waals surface area contributed by atoms with Crippen LogP contribution in [0.15, 0.2) is 18.2 Å². The van der Waals surface area contributed by atoms with E-state index in [1.54, 1.807) is 7.05 Å². The third-order valence-corrected chi connectivity index (χ3v) is 2.46. The van der Waals surface area contributed by atoms with E-state index in [1.165, 1.54) is 23.0 Å². The zero-order chi connectivity index (χ0) is 13.1. The number of carbonyl (C=O) groups is 1. The van der Waals surface area contributed by atoms with Crippen molar-refractivity contribution in [1.82, 2.24) is 20.2 Å². The molecule has 0 amide bonds. The number of rotatable bonds is 3. The highest BCUT2D eigenvalue weighted by Crippen LogP contribution is 2.19. The van der Waals surface area contributed by atoms with Gasteiger partial charge in [0, 0.05) is 0 Å². The van der Waals surface area contributed by atoms with Gasteiger partial charge in [0.15, 0.2) is 6.61 Å². The van der Waals surface area contributed by atoms with Crippen molar-refractivity contribution in [3.05, 3.63) is 34.6 Å². The van der Waals surface area contributed by atoms with Gasteiger partial charge in [0.1, 0.15) is 0 Å². The van der Waals surface area contributed by atoms with Gasteiger partial charge in [0.2, 0.25) is 5.82 Å². The average Bonchev–Trinajstić information content (AvgIpc) is 2.75. The number of aromatic nitrogens is 4. The van der Waals surface area contributed by atoms with Crippen LogP contribution >= 0.6 is 11.6 Å². The number of hydrogen-bond acceptors (Lipinski definition) is 6. The van der Waals surface area contributed by atoms with E-state index in [4.69, 9.17) is 22.1 Å². The summed E-state index contributed by atoms with van der Waals surface area (Å²) in [7, 11) is 1.62. The fourth-order valence-corrected chi connectivity index (χ4v) is 1.38. The number of nitrogens with two attached hydrogens (primary N) is 1. The quantitative estimate of drug-likeness (QED) is 0.653. The topological polar surface area (TPSA) is 95.9 Å². The lowest BCUT2D eigenvalue weighted by atomic mass is 10.2. The third kappa shape index (κ3) is 2.75. The van der Waals surface area contributed by atoms with E-state index in [1.807, 2.05) is 0 Å². The predicted molar refractivity (Wildman–Crippen MR) is 63.8 cm³/mol. The van der Waals surface area contributed by atoms with Crippen LogP contribution < -0.4 is 5.73 Å². The Hall–Kier alpha value is -2.15. The number of anilines is 1. The monoisotopic (exact) mass is 267 g/mol. The summed E-state index contributed by atoms with van der Waals surface area (Å²) in [4.78, 5) is 13.0. The number of aryl methyl sites for hydroxylation is 1. The fourth-order valence-electron chi connectivity index (χ4n) is 1.27. The number of hydrogen-bond donors (Lipinski definition) is 1. The molecule has 0 unspecified atom stereocenters. The Morgan fingerprint density at radius 1 is 1.56 bits per heavy atom. The first-order valence-electron chi connectivity index (χ1n) is 5.01. The maximum Gasteiger partial charge on any atom is 0.338 e. The molecule has 8 heteroatoms. The summed E-state index contributed by atoms with van der Waals surface area (Å²) in [5.74, 6) is -0.196. The lowest BCUT2D eigenvalue weighted by molar-refractivity contribution is 0.0462. The van der Waals surface area contributed by atoms with Crippen molar-refractivity contribution < 1.29 is 9.53 Å². The lowest BCUT2D eigenvalue weighted by Gasteiger charge is -2.03. The summed E-state index contributed by atoms with van der Waals surface area (Å²) < 4.78 is 5.01. The van der Waals surface area contributed by atoms with Gasteiger partial charge in [0.25, 0.3) is 0 Å². The molecule has 0 fully saturated rings. The number of halogens is 1. The maximum atomic E-state index is 11.7. The average molecular weight is 268 g/mol. The van der Waals surface area contributed by atoms with Crippen molar-refractivity contribution in [3.63, 3.8) is 0 Å². The number of tetrazole rings is 1. The second-order valence-corrected chi connectivity index (χ2v) is 3.91. The number of nitrogens with zero attached hydrogens (tertiary/aromatic N) is 4. The van der Waals surface area contributed by atoms with E-state index in [0.717, 1.165) is 0 Å². The summed E-state index contributed by atoms with van der Waals surface area (Å²) >= 11 is 5.75. The molecule has 2 N–H and O–H groups in total. The second kappa shape index (κ2) is 5.01. The van der Waals surface area contributed by atoms with Gasteiger partial charge in [-0.1, -0.05) is 11.6 Å². The van der Waals surface area contributed by atoms with Crippen molar-refractivity contribution >= 4 is 23.3 Å². The molecule has 0 aliphatic carbocycles. The molecule has 94 valence electrons. The van der Waals surface area contributed by atoms with Crippen molar-refractivity contribution in [1.29, 1.82) is 0 Å². The normalized spacial score (nSPS) is 10.3. The Kier molecular flexibility index (Phi) is 3.42. The predicted octanol–water partition coefficient (Wildman–Crippen LogP) is 0.803. The Labute approximate surface area is 107 Å². The molecule has 7 nitrogen and oxygen atoms in total. The molecule has 0 aliphatic heterocycles. The first-order valence-corrected chi connectivity index (χ1v) is 5.39. The van der Waals surface area contributed by atoms with Crippen LogP contribution in [0.3, 0.4) is 0 Å². The maximum absolute atomic E-state index is 11.7. The Balaban J connectivity index is 2.01. The minimum absolute atomic E-state index is 0.0464. The molecule has 0 aliphatic rings. The summed E-state index contributed by atoms with van der Waals surface area (Å²) in [6.45, 7) is -0.0464. The lowest BCUT2D eigenvalue weighted by Crippen LogP contribution is -2.07. The van der Waals surface area contributed by atoms with E-state index >= 15 is 0 Å². The molecular formula is C10H10ClN5O2. The first kappa shape index (κ1) is 12.3. The number of nitrogen functional groups attached to an aromatic ring is 1. The molecule has 0 spiro atoms. The van der Waals surface area contributed by atoms with Crippen molar-refractivity contribution in [2.75, 3.05) is 5.73 Å². The van der Waals surface area contributed by atoms with E-state index < -0.39 is 5.97 Å². The Bertz CT molecular complexity index is 583. The van der Waals surface area contributed by atoms with Gasteiger partial charge in [-0.25, -0.2) is 4.79 Å². The minimum atomic E-state index is -0.522. The van der Waals surface area contributed by atoms with Crippen LogP contribution in [0.5, 0.6) is 0 Å². The minimum Gasteiger partial charge on any atom is -0.454 e. The van der Waals surface area contributed by atoms with Gasteiger partial charge in [0.05, 0.1) is 23.3 Å². The van der Waals surface area contributed by atoms with Crippen LogP contribution in [0.1, 0.15) is 16.2 Å². The summed E-state index contributed by atoms with van der Waals surface area (Å²) in [6.07, 6.45) is 0. The smallest absolute Gasteiger partial charge is 0.338 e. The fraction of sp³-hybridized carbons (Fsp3) is 0.200. The summed E-state index contributed by atoms with van der Waals surface area (Å²) in [6, 6.07) is 4.52. The molecule has 1 aromatic heterocycles. The van der Waals surface area contributed by atoms with Crippen LogP contribution in [0.25, 0.3) is 0 Å². The van der Waals surface area contributed by atoms with Crippen LogP contribution in [-0.2, 0) is 18.4 Å². The molecule has 0 bridgehead atoms. The molecule has 0 radical (unpaired) electrons. The highest BCUT2D eigenvalue weighted by atomic mass is 35.5. The zero-order valence-electron chi connectivity index (χ0n) is 9.50. The first-order chi connectivity index (χ1) is 8.56. The van der Waals surface area contributed by atoms with Crippen molar-refractivity contribution in [2.24, 2.45) is 7.05 Å². The van der Waals surface area contributed by atoms with Crippen LogP contribution in [0.4, 0.5) is 5.69 Å². The van der Waals surface area contributed by atoms with Gasteiger partial charge in [-0.15, -0.1) is 10.2 Å². The molecule has 2 rings (SSSR count). The molecule has 1 heterocycles. The molecule has 0 atom stereocenters. The SMILES string of the molecule is Cn1nnc(COC(=O)c2ccc(Cl)c(N)c2)n1. The molecule has 1 aromatic carbocycles. The number of benzene rings is 1. The Morgan fingerprint density at radius 2 is 2.33 bits per heavy atom. The van der Waals surface area contributed by atoms with E-state index in [2.05, 4.69) is 15.4 Å². The van der Waals surface area contributed by atoms with Gasteiger partial charge in [-0.3, -0.25) is 0 Å². The molecule has 0 saturated heterocycles. The standard InChI is InChI=1S/C10H10ClN5O2/c1-16-14-9(13-15-16)5-18-10(17)6-2-3-7(11)8(12)4-6/h2-4H,5,12H2,1H3. The van der Waals surface area contributed by atoms with Gasteiger partial charge in [-0.2, -0.15) is 4.80 Å². The van der Waals surface area contributed by atoms with Crippen molar-refractivity contribution in [2.45, 2.75) is 6.61 Å². The van der Waals surface area contributed by atoms with Crippen LogP contribution in [0.2, 0.25) is 5.02 Å². The van der Waals surface area contributed by atoms with Crippen molar-refractivity contribution in [3.8, 4) is 0 Å². The van der Waals surface area contributed by atoms with Crippen LogP contribution in [-0.4, -0.2) is 26.2 Å². The van der Waals surface area contributed by atoms with Gasteiger partial charge < -0.3 is 10.5 Å². The number of carbonyl (C=O) groups excluding carboxylic acids is 1. The molecular weight excluding hydrogens is 258 g/mol. The van der Waals surface area contributed by atoms with Gasteiger partial charge >= 0.3 is 5.97 Å².